The van der Waals surface area contributed by atoms with Crippen molar-refractivity contribution in [2.45, 2.75) is 59.5 Å². The van der Waals surface area contributed by atoms with Crippen molar-refractivity contribution in [2.75, 3.05) is 26.2 Å². The van der Waals surface area contributed by atoms with Crippen LogP contribution in [0.1, 0.15) is 48.0 Å². The molecule has 0 radical (unpaired) electrons. The average molecular weight is 244 g/mol. The summed E-state index contributed by atoms with van der Waals surface area (Å²) in [6, 6.07) is 0.571. The van der Waals surface area contributed by atoms with E-state index in [0.717, 1.165) is 26.1 Å². The lowest BCUT2D eigenvalue weighted by Crippen LogP contribution is -2.49. The van der Waals surface area contributed by atoms with Gasteiger partial charge in [-0.2, -0.15) is 0 Å². The van der Waals surface area contributed by atoms with Crippen LogP contribution in [0.3, 0.4) is 0 Å². The fourth-order valence-electron chi connectivity index (χ4n) is 2.07. The van der Waals surface area contributed by atoms with Crippen molar-refractivity contribution >= 4 is 0 Å². The summed E-state index contributed by atoms with van der Waals surface area (Å²) in [5, 5.41) is 12.8. The van der Waals surface area contributed by atoms with E-state index in [1.54, 1.807) is 0 Å². The molecule has 17 heavy (non-hydrogen) atoms. The highest BCUT2D eigenvalue weighted by Gasteiger charge is 2.23. The van der Waals surface area contributed by atoms with Gasteiger partial charge in [-0.1, -0.05) is 20.8 Å². The third-order valence-corrected chi connectivity index (χ3v) is 3.23. The molecule has 0 aliphatic carbocycles. The van der Waals surface area contributed by atoms with Crippen LogP contribution in [0.15, 0.2) is 0 Å². The Balaban J connectivity index is 4.27. The zero-order chi connectivity index (χ0) is 13.5. The maximum atomic E-state index is 9.47. The summed E-state index contributed by atoms with van der Waals surface area (Å²) in [5.41, 5.74) is -0.140. The van der Waals surface area contributed by atoms with Gasteiger partial charge in [-0.05, 0) is 39.7 Å². The van der Waals surface area contributed by atoms with Gasteiger partial charge in [-0.15, -0.1) is 0 Å². The number of hydrogen-bond acceptors (Lipinski definition) is 3. The largest absolute Gasteiger partial charge is 0.394 e. The molecule has 0 spiro atoms. The number of rotatable bonds is 9. The Kier molecular flexibility index (Phi) is 8.01. The van der Waals surface area contributed by atoms with Gasteiger partial charge in [-0.25, -0.2) is 0 Å². The normalized spacial score (nSPS) is 15.9. The quantitative estimate of drug-likeness (QED) is 0.652. The minimum atomic E-state index is -0.140. The highest BCUT2D eigenvalue weighted by Crippen LogP contribution is 2.12. The van der Waals surface area contributed by atoms with E-state index in [9.17, 15) is 5.11 Å². The summed E-state index contributed by atoms with van der Waals surface area (Å²) in [7, 11) is 0. The third-order valence-electron chi connectivity index (χ3n) is 3.23. The molecule has 0 bridgehead atoms. The van der Waals surface area contributed by atoms with Crippen molar-refractivity contribution in [2.24, 2.45) is 5.92 Å². The molecule has 1 unspecified atom stereocenters. The first kappa shape index (κ1) is 16.9. The molecule has 0 aromatic heterocycles. The van der Waals surface area contributed by atoms with E-state index in [-0.39, 0.29) is 12.1 Å². The van der Waals surface area contributed by atoms with Gasteiger partial charge in [0.15, 0.2) is 0 Å². The fraction of sp³-hybridized carbons (Fsp3) is 1.00. The zero-order valence-electron chi connectivity index (χ0n) is 12.6. The van der Waals surface area contributed by atoms with Gasteiger partial charge in [0.25, 0.3) is 0 Å². The van der Waals surface area contributed by atoms with Gasteiger partial charge in [0.1, 0.15) is 0 Å². The predicted octanol–water partition coefficient (Wildman–Crippen LogP) is 2.10. The lowest BCUT2D eigenvalue weighted by Gasteiger charge is -2.34. The molecule has 0 aliphatic heterocycles. The number of aliphatic hydroxyl groups is 1. The molecule has 104 valence electrons. The summed E-state index contributed by atoms with van der Waals surface area (Å²) in [5.74, 6) is 0.692. The summed E-state index contributed by atoms with van der Waals surface area (Å²) >= 11 is 0. The molecular formula is C14H32N2O. The summed E-state index contributed by atoms with van der Waals surface area (Å²) < 4.78 is 0. The van der Waals surface area contributed by atoms with Crippen molar-refractivity contribution in [1.82, 2.24) is 10.2 Å². The minimum Gasteiger partial charge on any atom is -0.394 e. The Morgan fingerprint density at radius 1 is 1.24 bits per heavy atom. The molecule has 1 atom stereocenters. The van der Waals surface area contributed by atoms with Gasteiger partial charge >= 0.3 is 0 Å². The number of likely N-dealkylation sites (N-methyl/N-ethyl adjacent to an activating group) is 1. The van der Waals surface area contributed by atoms with Crippen LogP contribution < -0.4 is 5.32 Å². The van der Waals surface area contributed by atoms with Crippen LogP contribution in [-0.4, -0.2) is 47.8 Å². The van der Waals surface area contributed by atoms with Gasteiger partial charge in [0.2, 0.25) is 0 Å². The van der Waals surface area contributed by atoms with Crippen LogP contribution in [0.4, 0.5) is 0 Å². The molecule has 0 fully saturated rings. The van der Waals surface area contributed by atoms with E-state index in [2.05, 4.69) is 51.8 Å². The van der Waals surface area contributed by atoms with Gasteiger partial charge in [0, 0.05) is 24.7 Å². The van der Waals surface area contributed by atoms with E-state index in [1.807, 2.05) is 0 Å². The lowest BCUT2D eigenvalue weighted by molar-refractivity contribution is 0.129. The molecule has 0 aromatic carbocycles. The third kappa shape index (κ3) is 7.02. The van der Waals surface area contributed by atoms with Gasteiger partial charge < -0.3 is 15.3 Å². The van der Waals surface area contributed by atoms with E-state index in [0.29, 0.717) is 12.0 Å². The summed E-state index contributed by atoms with van der Waals surface area (Å²) in [4.78, 5) is 2.50. The second-order valence-corrected chi connectivity index (χ2v) is 5.98. The van der Waals surface area contributed by atoms with Crippen molar-refractivity contribution in [3.8, 4) is 0 Å². The number of hydrogen-bond donors (Lipinski definition) is 2. The zero-order valence-corrected chi connectivity index (χ0v) is 12.6. The van der Waals surface area contributed by atoms with Crippen LogP contribution in [0.5, 0.6) is 0 Å². The fourth-order valence-corrected chi connectivity index (χ4v) is 2.07. The van der Waals surface area contributed by atoms with Crippen LogP contribution >= 0.6 is 0 Å². The van der Waals surface area contributed by atoms with E-state index in [1.165, 1.54) is 0 Å². The molecule has 3 nitrogen and oxygen atoms in total. The van der Waals surface area contributed by atoms with E-state index in [4.69, 9.17) is 0 Å². The van der Waals surface area contributed by atoms with Crippen molar-refractivity contribution < 1.29 is 5.11 Å². The highest BCUT2D eigenvalue weighted by molar-refractivity contribution is 4.83. The Bertz CT molecular complexity index is 195. The molecule has 0 aliphatic rings. The average Bonchev–Trinajstić information content (AvgIpc) is 2.24. The summed E-state index contributed by atoms with van der Waals surface area (Å²) in [6.45, 7) is 16.5. The molecular weight excluding hydrogens is 212 g/mol. The first-order valence-electron chi connectivity index (χ1n) is 6.94. The molecule has 0 saturated carbocycles. The molecule has 0 aromatic rings. The molecule has 0 saturated heterocycles. The van der Waals surface area contributed by atoms with E-state index >= 15 is 0 Å². The first-order chi connectivity index (χ1) is 7.84. The van der Waals surface area contributed by atoms with Gasteiger partial charge in [-0.3, -0.25) is 0 Å². The standard InChI is InChI=1S/C14H32N2O/c1-7-15-14(6,11-17)8-9-16(13(4)5)10-12(2)3/h12-13,15,17H,7-11H2,1-6H3. The van der Waals surface area contributed by atoms with Crippen LogP contribution in [0.2, 0.25) is 0 Å². The molecule has 3 heteroatoms. The van der Waals surface area contributed by atoms with Crippen molar-refractivity contribution in [3.63, 3.8) is 0 Å². The van der Waals surface area contributed by atoms with Crippen LogP contribution in [-0.2, 0) is 0 Å². The van der Waals surface area contributed by atoms with Gasteiger partial charge in [0.05, 0.1) is 6.61 Å². The predicted molar refractivity (Wildman–Crippen MR) is 75.3 cm³/mol. The molecule has 2 N–H and O–H groups in total. The van der Waals surface area contributed by atoms with Crippen LogP contribution in [0, 0.1) is 5.92 Å². The van der Waals surface area contributed by atoms with E-state index < -0.39 is 0 Å². The topological polar surface area (TPSA) is 35.5 Å². The Hall–Kier alpha value is -0.120. The maximum Gasteiger partial charge on any atom is 0.0611 e. The molecule has 0 heterocycles. The summed E-state index contributed by atoms with van der Waals surface area (Å²) in [6.07, 6.45) is 0.988. The molecule has 0 rings (SSSR count). The smallest absolute Gasteiger partial charge is 0.0611 e. The van der Waals surface area contributed by atoms with Crippen LogP contribution in [0.25, 0.3) is 0 Å². The SMILES string of the molecule is CCNC(C)(CO)CCN(CC(C)C)C(C)C. The van der Waals surface area contributed by atoms with Crippen molar-refractivity contribution in [3.05, 3.63) is 0 Å². The Labute approximate surface area is 108 Å². The lowest BCUT2D eigenvalue weighted by atomic mass is 9.98. The monoisotopic (exact) mass is 244 g/mol. The Morgan fingerprint density at radius 2 is 1.82 bits per heavy atom. The Morgan fingerprint density at radius 3 is 2.18 bits per heavy atom. The second kappa shape index (κ2) is 8.06. The molecule has 0 amide bonds. The number of nitrogens with one attached hydrogen (secondary N) is 1. The second-order valence-electron chi connectivity index (χ2n) is 5.98. The highest BCUT2D eigenvalue weighted by atomic mass is 16.3. The maximum absolute atomic E-state index is 9.47. The van der Waals surface area contributed by atoms with Crippen molar-refractivity contribution in [1.29, 1.82) is 0 Å². The number of nitrogens with zero attached hydrogens (tertiary/aromatic N) is 1. The minimum absolute atomic E-state index is 0.140. The first-order valence-corrected chi connectivity index (χ1v) is 6.94. The number of aliphatic hydroxyl groups excluding tert-OH is 1.